The summed E-state index contributed by atoms with van der Waals surface area (Å²) < 4.78 is 27.3. The van der Waals surface area contributed by atoms with Crippen molar-refractivity contribution in [3.05, 3.63) is 17.5 Å². The first kappa shape index (κ1) is 18.2. The van der Waals surface area contributed by atoms with E-state index >= 15 is 0 Å². The first-order valence-electron chi connectivity index (χ1n) is 8.87. The first-order valence-corrected chi connectivity index (χ1v) is 10.7. The van der Waals surface area contributed by atoms with Crippen LogP contribution < -0.4 is 5.32 Å². The number of carbonyl (C=O) groups excluding carboxylic acids is 1. The number of hydrogen-bond acceptors (Lipinski definition) is 4. The maximum absolute atomic E-state index is 12.4. The number of rotatable bonds is 4. The Balaban J connectivity index is 1.49. The van der Waals surface area contributed by atoms with E-state index in [1.165, 1.54) is 6.26 Å². The molecular formula is C16H27N5O3S. The maximum Gasteiger partial charge on any atom is 0.317 e. The molecule has 9 heteroatoms. The minimum atomic E-state index is -3.18. The Bertz CT molecular complexity index is 730. The largest absolute Gasteiger partial charge is 0.338 e. The monoisotopic (exact) mass is 369 g/mol. The quantitative estimate of drug-likeness (QED) is 0.855. The van der Waals surface area contributed by atoms with Crippen molar-refractivity contribution in [1.29, 1.82) is 0 Å². The second-order valence-corrected chi connectivity index (χ2v) is 8.90. The zero-order valence-electron chi connectivity index (χ0n) is 14.9. The third kappa shape index (κ3) is 4.33. The van der Waals surface area contributed by atoms with Crippen molar-refractivity contribution >= 4 is 16.1 Å². The lowest BCUT2D eigenvalue weighted by Crippen LogP contribution is -2.47. The molecular weight excluding hydrogens is 342 g/mol. The summed E-state index contributed by atoms with van der Waals surface area (Å²) in [5, 5.41) is 7.34. The molecule has 0 saturated carbocycles. The second-order valence-electron chi connectivity index (χ2n) is 6.97. The van der Waals surface area contributed by atoms with Crippen molar-refractivity contribution in [3.8, 4) is 0 Å². The minimum absolute atomic E-state index is 0.00510. The number of nitrogens with zero attached hydrogens (tertiary/aromatic N) is 4. The highest BCUT2D eigenvalue weighted by Crippen LogP contribution is 2.22. The maximum atomic E-state index is 12.4. The molecule has 8 nitrogen and oxygen atoms in total. The van der Waals surface area contributed by atoms with Crippen LogP contribution in [0.15, 0.2) is 6.07 Å². The van der Waals surface area contributed by atoms with Crippen LogP contribution in [-0.2, 0) is 23.1 Å². The highest BCUT2D eigenvalue weighted by atomic mass is 32.2. The molecule has 2 aliphatic heterocycles. The smallest absolute Gasteiger partial charge is 0.317 e. The van der Waals surface area contributed by atoms with Crippen molar-refractivity contribution in [3.63, 3.8) is 0 Å². The average Bonchev–Trinajstić information content (AvgIpc) is 2.93. The molecule has 3 rings (SSSR count). The molecule has 0 aliphatic carbocycles. The summed E-state index contributed by atoms with van der Waals surface area (Å²) in [4.78, 5) is 14.2. The fourth-order valence-corrected chi connectivity index (χ4v) is 4.95. The lowest BCUT2D eigenvalue weighted by molar-refractivity contribution is 0.178. The summed E-state index contributed by atoms with van der Waals surface area (Å²) in [6, 6.07) is 1.91. The van der Waals surface area contributed by atoms with Crippen LogP contribution >= 0.6 is 0 Å². The number of piperidine rings is 1. The number of aromatic nitrogens is 2. The Hall–Kier alpha value is -1.61. The van der Waals surface area contributed by atoms with Gasteiger partial charge in [-0.25, -0.2) is 13.2 Å². The van der Waals surface area contributed by atoms with Crippen molar-refractivity contribution in [1.82, 2.24) is 24.3 Å². The molecule has 2 amide bonds. The third-order valence-electron chi connectivity index (χ3n) is 4.96. The molecule has 25 heavy (non-hydrogen) atoms. The van der Waals surface area contributed by atoms with Crippen molar-refractivity contribution in [2.24, 2.45) is 0 Å². The van der Waals surface area contributed by atoms with Gasteiger partial charge in [0.1, 0.15) is 0 Å². The van der Waals surface area contributed by atoms with Gasteiger partial charge >= 0.3 is 6.03 Å². The lowest BCUT2D eigenvalue weighted by atomic mass is 10.0. The standard InChI is InChI=1S/C16H27N5O3S/c1-13-11-15-12-19(9-10-20(15)18-13)16(22)17-7-6-14-5-3-4-8-21(14)25(2,23)24/h11,14H,3-10,12H2,1-2H3,(H,17,22)/t14-/m0/s1. The van der Waals surface area contributed by atoms with Gasteiger partial charge in [0.15, 0.2) is 0 Å². The summed E-state index contributed by atoms with van der Waals surface area (Å²) in [5.74, 6) is 0. The van der Waals surface area contributed by atoms with Crippen molar-refractivity contribution in [2.45, 2.75) is 51.7 Å². The molecule has 1 atom stereocenters. The lowest BCUT2D eigenvalue weighted by Gasteiger charge is -2.34. The van der Waals surface area contributed by atoms with E-state index in [2.05, 4.69) is 10.4 Å². The zero-order chi connectivity index (χ0) is 18.0. The molecule has 140 valence electrons. The van der Waals surface area contributed by atoms with Crippen LogP contribution in [0.3, 0.4) is 0 Å². The van der Waals surface area contributed by atoms with Crippen molar-refractivity contribution in [2.75, 3.05) is 25.9 Å². The van der Waals surface area contributed by atoms with Crippen molar-refractivity contribution < 1.29 is 13.2 Å². The SMILES string of the molecule is Cc1cc2n(n1)CCN(C(=O)NCC[C@@H]1CCCCN1S(C)(=O)=O)C2. The molecule has 1 aromatic heterocycles. The Kier molecular flexibility index (Phi) is 5.33. The normalized spacial score (nSPS) is 21.8. The highest BCUT2D eigenvalue weighted by Gasteiger charge is 2.29. The van der Waals surface area contributed by atoms with Crippen LogP contribution in [0.4, 0.5) is 4.79 Å². The third-order valence-corrected chi connectivity index (χ3v) is 6.29. The highest BCUT2D eigenvalue weighted by molar-refractivity contribution is 7.88. The van der Waals surface area contributed by atoms with Gasteiger partial charge in [0.2, 0.25) is 10.0 Å². The molecule has 1 aromatic rings. The number of hydrogen-bond donors (Lipinski definition) is 1. The first-order chi connectivity index (χ1) is 11.8. The summed E-state index contributed by atoms with van der Waals surface area (Å²) in [7, 11) is -3.18. The number of fused-ring (bicyclic) bond motifs is 1. The van der Waals surface area contributed by atoms with E-state index in [-0.39, 0.29) is 12.1 Å². The summed E-state index contributed by atoms with van der Waals surface area (Å²) in [6.07, 6.45) is 4.74. The van der Waals surface area contributed by atoms with E-state index in [0.717, 1.165) is 30.7 Å². The van der Waals surface area contributed by atoms with Gasteiger partial charge in [0.25, 0.3) is 0 Å². The Labute approximate surface area is 149 Å². The molecule has 3 heterocycles. The Morgan fingerprint density at radius 2 is 2.12 bits per heavy atom. The molecule has 1 saturated heterocycles. The van der Waals surface area contributed by atoms with Gasteiger partial charge in [0.05, 0.1) is 30.7 Å². The van der Waals surface area contributed by atoms with Crippen LogP contribution in [0.2, 0.25) is 0 Å². The van der Waals surface area contributed by atoms with E-state index in [0.29, 0.717) is 39.1 Å². The van der Waals surface area contributed by atoms with Gasteiger partial charge in [-0.1, -0.05) is 6.42 Å². The van der Waals surface area contributed by atoms with Crippen LogP contribution in [0, 0.1) is 6.92 Å². The molecule has 0 aromatic carbocycles. The summed E-state index contributed by atoms with van der Waals surface area (Å²) in [5.41, 5.74) is 2.02. The van der Waals surface area contributed by atoms with Crippen LogP contribution in [0.25, 0.3) is 0 Å². The van der Waals surface area contributed by atoms with Gasteiger partial charge in [0, 0.05) is 25.7 Å². The van der Waals surface area contributed by atoms with Crippen LogP contribution in [0.5, 0.6) is 0 Å². The van der Waals surface area contributed by atoms with Gasteiger partial charge in [-0.05, 0) is 32.3 Å². The number of sulfonamides is 1. The van der Waals surface area contributed by atoms with Crippen LogP contribution in [0.1, 0.15) is 37.1 Å². The number of nitrogens with one attached hydrogen (secondary N) is 1. The topological polar surface area (TPSA) is 87.5 Å². The number of amides is 2. The molecule has 1 N–H and O–H groups in total. The molecule has 0 unspecified atom stereocenters. The fraction of sp³-hybridized carbons (Fsp3) is 0.750. The Morgan fingerprint density at radius 1 is 1.32 bits per heavy atom. The predicted molar refractivity (Wildman–Crippen MR) is 94.6 cm³/mol. The molecule has 1 fully saturated rings. The van der Waals surface area contributed by atoms with Gasteiger partial charge in [-0.3, -0.25) is 4.68 Å². The number of aryl methyl sites for hydroxylation is 1. The number of carbonyl (C=O) groups is 1. The van der Waals surface area contributed by atoms with E-state index < -0.39 is 10.0 Å². The Morgan fingerprint density at radius 3 is 2.88 bits per heavy atom. The molecule has 0 spiro atoms. The zero-order valence-corrected chi connectivity index (χ0v) is 15.8. The average molecular weight is 369 g/mol. The molecule has 2 aliphatic rings. The second kappa shape index (κ2) is 7.33. The van der Waals surface area contributed by atoms with Crippen LogP contribution in [-0.4, -0.2) is 65.4 Å². The predicted octanol–water partition coefficient (Wildman–Crippen LogP) is 0.921. The fourth-order valence-electron chi connectivity index (χ4n) is 3.74. The molecule has 0 bridgehead atoms. The van der Waals surface area contributed by atoms with Gasteiger partial charge in [-0.2, -0.15) is 9.40 Å². The van der Waals surface area contributed by atoms with E-state index in [1.807, 2.05) is 17.7 Å². The van der Waals surface area contributed by atoms with Gasteiger partial charge < -0.3 is 10.2 Å². The van der Waals surface area contributed by atoms with E-state index in [1.54, 1.807) is 9.21 Å². The van der Waals surface area contributed by atoms with Gasteiger partial charge in [-0.15, -0.1) is 0 Å². The minimum Gasteiger partial charge on any atom is -0.338 e. The number of urea groups is 1. The summed E-state index contributed by atoms with van der Waals surface area (Å²) in [6.45, 7) is 4.94. The van der Waals surface area contributed by atoms with E-state index in [4.69, 9.17) is 0 Å². The molecule has 0 radical (unpaired) electrons. The summed E-state index contributed by atoms with van der Waals surface area (Å²) >= 11 is 0. The van der Waals surface area contributed by atoms with E-state index in [9.17, 15) is 13.2 Å².